The predicted octanol–water partition coefficient (Wildman–Crippen LogP) is 1.23. The van der Waals surface area contributed by atoms with E-state index in [4.69, 9.17) is 19.5 Å². The standard InChI is InChI=1S/C11H17NO4/c1-4-14-10(13)8(6-12)5-9-7-15-11(2,3)16-9/h8-9H,4-5,7H2,1-3H3/t8?,9-/m0/s1. The smallest absolute Gasteiger partial charge is 0.323 e. The van der Waals surface area contributed by atoms with E-state index in [-0.39, 0.29) is 12.7 Å². The molecule has 2 atom stereocenters. The van der Waals surface area contributed by atoms with Gasteiger partial charge in [-0.05, 0) is 20.8 Å². The molecule has 1 heterocycles. The molecule has 90 valence electrons. The predicted molar refractivity (Wildman–Crippen MR) is 55.3 cm³/mol. The highest BCUT2D eigenvalue weighted by Crippen LogP contribution is 2.26. The number of carbonyl (C=O) groups is 1. The molecule has 1 aliphatic heterocycles. The largest absolute Gasteiger partial charge is 0.465 e. The van der Waals surface area contributed by atoms with Crippen molar-refractivity contribution in [3.8, 4) is 6.07 Å². The summed E-state index contributed by atoms with van der Waals surface area (Å²) in [6.07, 6.45) is 0.0998. The Morgan fingerprint density at radius 1 is 1.69 bits per heavy atom. The monoisotopic (exact) mass is 227 g/mol. The Kier molecular flexibility index (Phi) is 4.27. The third-order valence-electron chi connectivity index (χ3n) is 2.29. The van der Waals surface area contributed by atoms with Gasteiger partial charge in [0.05, 0.1) is 25.4 Å². The van der Waals surface area contributed by atoms with E-state index in [0.29, 0.717) is 13.0 Å². The van der Waals surface area contributed by atoms with Crippen LogP contribution in [0.2, 0.25) is 0 Å². The molecular formula is C11H17NO4. The summed E-state index contributed by atoms with van der Waals surface area (Å²) in [5, 5.41) is 8.87. The van der Waals surface area contributed by atoms with Crippen LogP contribution in [-0.4, -0.2) is 31.1 Å². The van der Waals surface area contributed by atoms with Crippen LogP contribution in [0.5, 0.6) is 0 Å². The zero-order valence-corrected chi connectivity index (χ0v) is 9.86. The zero-order valence-electron chi connectivity index (χ0n) is 9.86. The average Bonchev–Trinajstić information content (AvgIpc) is 2.55. The SMILES string of the molecule is CCOC(=O)C(C#N)C[C@H]1COC(C)(C)O1. The van der Waals surface area contributed by atoms with Gasteiger partial charge in [0.2, 0.25) is 0 Å². The van der Waals surface area contributed by atoms with Crippen LogP contribution in [-0.2, 0) is 19.0 Å². The third kappa shape index (κ3) is 3.47. The van der Waals surface area contributed by atoms with Crippen molar-refractivity contribution >= 4 is 5.97 Å². The lowest BCUT2D eigenvalue weighted by molar-refractivity contribution is -0.151. The lowest BCUT2D eigenvalue weighted by Gasteiger charge is -2.17. The lowest BCUT2D eigenvalue weighted by Crippen LogP contribution is -2.25. The van der Waals surface area contributed by atoms with E-state index in [1.54, 1.807) is 20.8 Å². The summed E-state index contributed by atoms with van der Waals surface area (Å²) < 4.78 is 15.7. The van der Waals surface area contributed by atoms with Crippen molar-refractivity contribution < 1.29 is 19.0 Å². The van der Waals surface area contributed by atoms with Crippen LogP contribution in [0.15, 0.2) is 0 Å². The molecule has 5 nitrogen and oxygen atoms in total. The van der Waals surface area contributed by atoms with Crippen LogP contribution in [0.4, 0.5) is 0 Å². The molecule has 1 rings (SSSR count). The molecule has 0 aromatic carbocycles. The minimum absolute atomic E-state index is 0.218. The summed E-state index contributed by atoms with van der Waals surface area (Å²) in [5.74, 6) is -1.89. The summed E-state index contributed by atoms with van der Waals surface area (Å²) in [6, 6.07) is 1.93. The lowest BCUT2D eigenvalue weighted by atomic mass is 10.0. The van der Waals surface area contributed by atoms with Gasteiger partial charge in [-0.2, -0.15) is 5.26 Å². The second-order valence-electron chi connectivity index (χ2n) is 4.12. The fourth-order valence-electron chi connectivity index (χ4n) is 1.59. The highest BCUT2D eigenvalue weighted by molar-refractivity contribution is 5.75. The van der Waals surface area contributed by atoms with Gasteiger partial charge in [0.25, 0.3) is 0 Å². The van der Waals surface area contributed by atoms with Crippen molar-refractivity contribution in [2.45, 2.75) is 39.1 Å². The first-order valence-electron chi connectivity index (χ1n) is 5.36. The van der Waals surface area contributed by atoms with Gasteiger partial charge < -0.3 is 14.2 Å². The summed E-state index contributed by atoms with van der Waals surface area (Å²) >= 11 is 0. The Balaban J connectivity index is 2.46. The quantitative estimate of drug-likeness (QED) is 0.676. The van der Waals surface area contributed by atoms with E-state index < -0.39 is 17.7 Å². The van der Waals surface area contributed by atoms with Crippen LogP contribution in [0.1, 0.15) is 27.2 Å². The van der Waals surface area contributed by atoms with Gasteiger partial charge in [0.15, 0.2) is 5.79 Å². The first-order chi connectivity index (χ1) is 7.48. The first kappa shape index (κ1) is 12.9. The highest BCUT2D eigenvalue weighted by atomic mass is 16.7. The summed E-state index contributed by atoms with van der Waals surface area (Å²) in [5.41, 5.74) is 0. The molecule has 0 bridgehead atoms. The van der Waals surface area contributed by atoms with Crippen LogP contribution in [0.3, 0.4) is 0 Å². The van der Waals surface area contributed by atoms with Gasteiger partial charge >= 0.3 is 5.97 Å². The van der Waals surface area contributed by atoms with Gasteiger partial charge in [0, 0.05) is 6.42 Å². The number of esters is 1. The molecule has 0 N–H and O–H groups in total. The zero-order chi connectivity index (χ0) is 12.2. The normalized spacial score (nSPS) is 24.8. The Labute approximate surface area is 95.3 Å². The van der Waals surface area contributed by atoms with Crippen molar-refractivity contribution in [3.05, 3.63) is 0 Å². The fourth-order valence-corrected chi connectivity index (χ4v) is 1.59. The number of hydrogen-bond acceptors (Lipinski definition) is 5. The second kappa shape index (κ2) is 5.28. The van der Waals surface area contributed by atoms with E-state index in [9.17, 15) is 4.79 Å². The van der Waals surface area contributed by atoms with Crippen LogP contribution in [0, 0.1) is 17.2 Å². The molecule has 16 heavy (non-hydrogen) atoms. The van der Waals surface area contributed by atoms with Gasteiger partial charge in [-0.25, -0.2) is 0 Å². The minimum Gasteiger partial charge on any atom is -0.465 e. The molecule has 0 spiro atoms. The van der Waals surface area contributed by atoms with Crippen LogP contribution in [0.25, 0.3) is 0 Å². The maximum Gasteiger partial charge on any atom is 0.323 e. The Morgan fingerprint density at radius 2 is 2.38 bits per heavy atom. The average molecular weight is 227 g/mol. The maximum atomic E-state index is 11.4. The number of carbonyl (C=O) groups excluding carboxylic acids is 1. The molecule has 5 heteroatoms. The van der Waals surface area contributed by atoms with Crippen molar-refractivity contribution in [2.75, 3.05) is 13.2 Å². The van der Waals surface area contributed by atoms with E-state index in [0.717, 1.165) is 0 Å². The number of nitriles is 1. The van der Waals surface area contributed by atoms with Crippen molar-refractivity contribution in [3.63, 3.8) is 0 Å². The van der Waals surface area contributed by atoms with E-state index in [1.165, 1.54) is 0 Å². The Morgan fingerprint density at radius 3 is 2.81 bits per heavy atom. The van der Waals surface area contributed by atoms with E-state index in [1.807, 2.05) is 6.07 Å². The van der Waals surface area contributed by atoms with Crippen LogP contribution < -0.4 is 0 Å². The van der Waals surface area contributed by atoms with Gasteiger partial charge in [-0.1, -0.05) is 0 Å². The van der Waals surface area contributed by atoms with Crippen molar-refractivity contribution in [2.24, 2.45) is 5.92 Å². The number of ether oxygens (including phenoxy) is 3. The van der Waals surface area contributed by atoms with Gasteiger partial charge in [-0.15, -0.1) is 0 Å². The number of hydrogen-bond donors (Lipinski definition) is 0. The summed E-state index contributed by atoms with van der Waals surface area (Å²) in [7, 11) is 0. The molecule has 0 radical (unpaired) electrons. The summed E-state index contributed by atoms with van der Waals surface area (Å²) in [4.78, 5) is 11.4. The maximum absolute atomic E-state index is 11.4. The fraction of sp³-hybridized carbons (Fsp3) is 0.818. The van der Waals surface area contributed by atoms with Crippen molar-refractivity contribution in [1.29, 1.82) is 5.26 Å². The molecule has 0 aromatic heterocycles. The third-order valence-corrected chi connectivity index (χ3v) is 2.29. The molecule has 0 amide bonds. The highest BCUT2D eigenvalue weighted by Gasteiger charge is 2.35. The van der Waals surface area contributed by atoms with Crippen LogP contribution >= 0.6 is 0 Å². The van der Waals surface area contributed by atoms with Crippen molar-refractivity contribution in [1.82, 2.24) is 0 Å². The molecule has 1 aliphatic rings. The Bertz CT molecular complexity index is 295. The molecule has 0 saturated carbocycles. The molecule has 1 unspecified atom stereocenters. The summed E-state index contributed by atoms with van der Waals surface area (Å²) in [6.45, 7) is 6.01. The number of rotatable bonds is 4. The molecule has 1 saturated heterocycles. The minimum atomic E-state index is -0.776. The van der Waals surface area contributed by atoms with Gasteiger partial charge in [-0.3, -0.25) is 4.79 Å². The molecule has 0 aliphatic carbocycles. The first-order valence-corrected chi connectivity index (χ1v) is 5.36. The molecule has 1 fully saturated rings. The van der Waals surface area contributed by atoms with E-state index in [2.05, 4.69) is 0 Å². The second-order valence-corrected chi connectivity index (χ2v) is 4.12. The van der Waals surface area contributed by atoms with E-state index >= 15 is 0 Å². The topological polar surface area (TPSA) is 68.6 Å². The Hall–Kier alpha value is -1.12. The molecule has 0 aromatic rings. The molecular weight excluding hydrogens is 210 g/mol. The van der Waals surface area contributed by atoms with Gasteiger partial charge in [0.1, 0.15) is 5.92 Å². The number of nitrogens with zero attached hydrogens (tertiary/aromatic N) is 1.